The highest BCUT2D eigenvalue weighted by Gasteiger charge is 2.05. The van der Waals surface area contributed by atoms with Crippen molar-refractivity contribution in [2.24, 2.45) is 0 Å². The zero-order valence-electron chi connectivity index (χ0n) is 12.8. The van der Waals surface area contributed by atoms with Gasteiger partial charge in [-0.05, 0) is 31.0 Å². The van der Waals surface area contributed by atoms with Crippen LogP contribution >= 0.6 is 11.3 Å². The van der Waals surface area contributed by atoms with E-state index in [9.17, 15) is 0 Å². The number of aryl methyl sites for hydroxylation is 1. The van der Waals surface area contributed by atoms with Crippen LogP contribution in [0.2, 0.25) is 0 Å². The number of nitrogens with one attached hydrogen (secondary N) is 1. The third-order valence-electron chi connectivity index (χ3n) is 3.08. The van der Waals surface area contributed by atoms with Gasteiger partial charge in [0.25, 0.3) is 0 Å². The number of ether oxygens (including phenoxy) is 2. The fourth-order valence-corrected chi connectivity index (χ4v) is 2.84. The van der Waals surface area contributed by atoms with Crippen LogP contribution in [0.4, 0.5) is 0 Å². The third-order valence-corrected chi connectivity index (χ3v) is 4.22. The number of hydrogen-bond donors (Lipinski definition) is 1. The molecule has 0 atom stereocenters. The lowest BCUT2D eigenvalue weighted by Gasteiger charge is -2.11. The number of rotatable bonds is 8. The number of methoxy groups -OCH3 is 1. The van der Waals surface area contributed by atoms with Gasteiger partial charge in [-0.2, -0.15) is 0 Å². The fraction of sp³-hybridized carbons (Fsp3) is 0.438. The second kappa shape index (κ2) is 8.00. The van der Waals surface area contributed by atoms with Crippen molar-refractivity contribution in [3.8, 4) is 11.5 Å². The molecule has 2 aromatic rings. The van der Waals surface area contributed by atoms with Gasteiger partial charge in [0.2, 0.25) is 0 Å². The Morgan fingerprint density at radius 2 is 2.05 bits per heavy atom. The SMILES string of the molecule is CCOc1ccc(CNCc2ncc(CC)s2)cc1OC. The van der Waals surface area contributed by atoms with Crippen molar-refractivity contribution in [2.75, 3.05) is 13.7 Å². The highest BCUT2D eigenvalue weighted by molar-refractivity contribution is 7.11. The molecule has 0 radical (unpaired) electrons. The molecule has 1 N–H and O–H groups in total. The van der Waals surface area contributed by atoms with Crippen LogP contribution in [0.25, 0.3) is 0 Å². The second-order valence-corrected chi connectivity index (χ2v) is 5.80. The molecule has 0 amide bonds. The van der Waals surface area contributed by atoms with Crippen molar-refractivity contribution in [3.63, 3.8) is 0 Å². The van der Waals surface area contributed by atoms with Crippen LogP contribution in [-0.2, 0) is 19.5 Å². The number of benzene rings is 1. The summed E-state index contributed by atoms with van der Waals surface area (Å²) in [7, 11) is 1.66. The zero-order chi connectivity index (χ0) is 15.1. The topological polar surface area (TPSA) is 43.4 Å². The summed E-state index contributed by atoms with van der Waals surface area (Å²) in [6, 6.07) is 6.02. The second-order valence-electron chi connectivity index (χ2n) is 4.60. The molecule has 1 aromatic heterocycles. The summed E-state index contributed by atoms with van der Waals surface area (Å²) in [5.41, 5.74) is 1.17. The molecule has 5 heteroatoms. The summed E-state index contributed by atoms with van der Waals surface area (Å²) in [4.78, 5) is 5.73. The van der Waals surface area contributed by atoms with Gasteiger partial charge < -0.3 is 14.8 Å². The molecule has 0 spiro atoms. The third kappa shape index (κ3) is 4.44. The Morgan fingerprint density at radius 1 is 1.19 bits per heavy atom. The molecule has 0 saturated heterocycles. The Morgan fingerprint density at radius 3 is 2.71 bits per heavy atom. The molecule has 0 fully saturated rings. The predicted molar refractivity (Wildman–Crippen MR) is 86.2 cm³/mol. The van der Waals surface area contributed by atoms with Gasteiger partial charge in [0.05, 0.1) is 13.7 Å². The van der Waals surface area contributed by atoms with Gasteiger partial charge in [0.1, 0.15) is 5.01 Å². The van der Waals surface area contributed by atoms with E-state index < -0.39 is 0 Å². The maximum absolute atomic E-state index is 5.52. The Labute approximate surface area is 130 Å². The minimum Gasteiger partial charge on any atom is -0.493 e. The van der Waals surface area contributed by atoms with Crippen LogP contribution in [0.15, 0.2) is 24.4 Å². The maximum atomic E-state index is 5.52. The lowest BCUT2D eigenvalue weighted by molar-refractivity contribution is 0.310. The number of nitrogens with zero attached hydrogens (tertiary/aromatic N) is 1. The minimum atomic E-state index is 0.637. The Hall–Kier alpha value is -1.59. The molecule has 114 valence electrons. The molecule has 1 heterocycles. The number of hydrogen-bond acceptors (Lipinski definition) is 5. The van der Waals surface area contributed by atoms with E-state index in [-0.39, 0.29) is 0 Å². The molecular formula is C16H22N2O2S. The predicted octanol–water partition coefficient (Wildman–Crippen LogP) is 3.40. The Bertz CT molecular complexity index is 569. The van der Waals surface area contributed by atoms with Gasteiger partial charge >= 0.3 is 0 Å². The molecule has 0 saturated carbocycles. The molecule has 2 rings (SSSR count). The first-order valence-corrected chi connectivity index (χ1v) is 8.02. The molecule has 0 aliphatic heterocycles. The van der Waals surface area contributed by atoms with Crippen molar-refractivity contribution < 1.29 is 9.47 Å². The molecule has 0 unspecified atom stereocenters. The van der Waals surface area contributed by atoms with Crippen molar-refractivity contribution in [3.05, 3.63) is 39.8 Å². The highest BCUT2D eigenvalue weighted by atomic mass is 32.1. The van der Waals surface area contributed by atoms with E-state index in [1.807, 2.05) is 25.3 Å². The first kappa shape index (κ1) is 15.8. The van der Waals surface area contributed by atoms with Gasteiger partial charge in [-0.1, -0.05) is 13.0 Å². The average molecular weight is 306 g/mol. The molecule has 1 aromatic carbocycles. The molecule has 21 heavy (non-hydrogen) atoms. The van der Waals surface area contributed by atoms with Crippen molar-refractivity contribution in [2.45, 2.75) is 33.4 Å². The molecule has 0 aliphatic carbocycles. The van der Waals surface area contributed by atoms with Crippen LogP contribution in [0.5, 0.6) is 11.5 Å². The van der Waals surface area contributed by atoms with Gasteiger partial charge in [-0.15, -0.1) is 11.3 Å². The standard InChI is InChI=1S/C16H22N2O2S/c1-4-13-10-18-16(21-13)11-17-9-12-6-7-14(20-5-2)15(8-12)19-3/h6-8,10,17H,4-5,9,11H2,1-3H3. The van der Waals surface area contributed by atoms with E-state index in [0.29, 0.717) is 6.61 Å². The molecular weight excluding hydrogens is 284 g/mol. The van der Waals surface area contributed by atoms with Gasteiger partial charge in [-0.3, -0.25) is 0 Å². The first-order chi connectivity index (χ1) is 10.3. The maximum Gasteiger partial charge on any atom is 0.161 e. The van der Waals surface area contributed by atoms with Crippen LogP contribution in [0.1, 0.15) is 29.3 Å². The fourth-order valence-electron chi connectivity index (χ4n) is 2.00. The van der Waals surface area contributed by atoms with Crippen molar-refractivity contribution >= 4 is 11.3 Å². The molecule has 4 nitrogen and oxygen atoms in total. The van der Waals surface area contributed by atoms with Crippen LogP contribution in [0.3, 0.4) is 0 Å². The van der Waals surface area contributed by atoms with Crippen LogP contribution in [0, 0.1) is 0 Å². The lowest BCUT2D eigenvalue weighted by Crippen LogP contribution is -2.12. The van der Waals surface area contributed by atoms with E-state index in [1.54, 1.807) is 18.4 Å². The summed E-state index contributed by atoms with van der Waals surface area (Å²) in [5.74, 6) is 1.56. The first-order valence-electron chi connectivity index (χ1n) is 7.20. The molecule has 0 aliphatic rings. The highest BCUT2D eigenvalue weighted by Crippen LogP contribution is 2.28. The van der Waals surface area contributed by atoms with Gasteiger partial charge in [0, 0.05) is 24.2 Å². The van der Waals surface area contributed by atoms with E-state index >= 15 is 0 Å². The van der Waals surface area contributed by atoms with E-state index in [0.717, 1.165) is 36.0 Å². The summed E-state index contributed by atoms with van der Waals surface area (Å²) in [5, 5.41) is 4.54. The van der Waals surface area contributed by atoms with Gasteiger partial charge in [-0.25, -0.2) is 4.98 Å². The Kier molecular flexibility index (Phi) is 6.02. The minimum absolute atomic E-state index is 0.637. The van der Waals surface area contributed by atoms with Crippen LogP contribution < -0.4 is 14.8 Å². The van der Waals surface area contributed by atoms with E-state index in [1.165, 1.54) is 10.4 Å². The average Bonchev–Trinajstić information content (AvgIpc) is 2.97. The van der Waals surface area contributed by atoms with E-state index in [4.69, 9.17) is 9.47 Å². The molecule has 0 bridgehead atoms. The largest absolute Gasteiger partial charge is 0.493 e. The summed E-state index contributed by atoms with van der Waals surface area (Å²) < 4.78 is 10.9. The van der Waals surface area contributed by atoms with Crippen molar-refractivity contribution in [1.29, 1.82) is 0 Å². The number of thiazole rings is 1. The quantitative estimate of drug-likeness (QED) is 0.812. The smallest absolute Gasteiger partial charge is 0.161 e. The summed E-state index contributed by atoms with van der Waals surface area (Å²) in [6.45, 7) is 6.33. The Balaban J connectivity index is 1.90. The number of aromatic nitrogens is 1. The summed E-state index contributed by atoms with van der Waals surface area (Å²) >= 11 is 1.77. The monoisotopic (exact) mass is 306 g/mol. The van der Waals surface area contributed by atoms with Crippen LogP contribution in [-0.4, -0.2) is 18.7 Å². The summed E-state index contributed by atoms with van der Waals surface area (Å²) in [6.07, 6.45) is 3.01. The normalized spacial score (nSPS) is 10.6. The lowest BCUT2D eigenvalue weighted by atomic mass is 10.2. The zero-order valence-corrected chi connectivity index (χ0v) is 13.6. The van der Waals surface area contributed by atoms with Crippen molar-refractivity contribution in [1.82, 2.24) is 10.3 Å². The van der Waals surface area contributed by atoms with E-state index in [2.05, 4.69) is 23.3 Å². The van der Waals surface area contributed by atoms with Gasteiger partial charge in [0.15, 0.2) is 11.5 Å².